The second-order valence-electron chi connectivity index (χ2n) is 20.0. The van der Waals surface area contributed by atoms with E-state index in [0.29, 0.717) is 24.7 Å². The molecular weight excluding hydrogens is 650 g/mol. The topological polar surface area (TPSA) is 99.1 Å². The van der Waals surface area contributed by atoms with Gasteiger partial charge in [0.2, 0.25) is 6.08 Å². The molecule has 6 aliphatic carbocycles. The Kier molecular flexibility index (Phi) is 8.96. The lowest BCUT2D eigenvalue weighted by Gasteiger charge is -2.72. The Labute approximate surface area is 311 Å². The number of Topliss-reactive ketones (excluding diaryl/α,β-unsaturated/α-hetero) is 1. The SMILES string of the molecule is CC(C)C1=C2[C@H]3CCC4[C@@]5(C)CC[C@H](OC(=O)[C@H]6C[C@@H](C(=O)OCc7ccccc7)C6(C)C)C(C)(C)C5CC[C@@]4(C)[C@]3(C)CC[C@@]2(N=C=O)CC1=O. The van der Waals surface area contributed by atoms with Crippen LogP contribution >= 0.6 is 0 Å². The van der Waals surface area contributed by atoms with Crippen molar-refractivity contribution < 1.29 is 28.7 Å². The van der Waals surface area contributed by atoms with Crippen molar-refractivity contribution in [1.82, 2.24) is 0 Å². The van der Waals surface area contributed by atoms with Gasteiger partial charge >= 0.3 is 11.9 Å². The minimum Gasteiger partial charge on any atom is -0.462 e. The van der Waals surface area contributed by atoms with Gasteiger partial charge in [-0.15, -0.1) is 0 Å². The number of isocyanates is 1. The summed E-state index contributed by atoms with van der Waals surface area (Å²) < 4.78 is 12.2. The highest BCUT2D eigenvalue weighted by atomic mass is 16.5. The number of hydrogen-bond acceptors (Lipinski definition) is 7. The number of aliphatic imine (C=N–C) groups is 1. The maximum Gasteiger partial charge on any atom is 0.309 e. The molecule has 1 aromatic carbocycles. The van der Waals surface area contributed by atoms with E-state index in [1.165, 1.54) is 5.57 Å². The summed E-state index contributed by atoms with van der Waals surface area (Å²) in [6.45, 7) is 20.7. The number of esters is 2. The zero-order valence-corrected chi connectivity index (χ0v) is 33.1. The van der Waals surface area contributed by atoms with Crippen molar-refractivity contribution in [3.63, 3.8) is 0 Å². The van der Waals surface area contributed by atoms with Crippen molar-refractivity contribution in [2.45, 2.75) is 145 Å². The van der Waals surface area contributed by atoms with Crippen molar-refractivity contribution in [3.8, 4) is 0 Å². The molecule has 5 fully saturated rings. The molecule has 0 amide bonds. The Balaban J connectivity index is 1.07. The number of allylic oxidation sites excluding steroid dienone is 1. The van der Waals surface area contributed by atoms with Crippen molar-refractivity contribution in [2.75, 3.05) is 0 Å². The molecule has 52 heavy (non-hydrogen) atoms. The molecule has 7 rings (SSSR count). The van der Waals surface area contributed by atoms with E-state index in [4.69, 9.17) is 9.47 Å². The van der Waals surface area contributed by atoms with E-state index < -0.39 is 11.0 Å². The fourth-order valence-corrected chi connectivity index (χ4v) is 13.8. The lowest BCUT2D eigenvalue weighted by atomic mass is 9.33. The largest absolute Gasteiger partial charge is 0.462 e. The van der Waals surface area contributed by atoms with Gasteiger partial charge in [0, 0.05) is 11.8 Å². The number of carbonyl (C=O) groups excluding carboxylic acids is 4. The van der Waals surface area contributed by atoms with Gasteiger partial charge in [-0.25, -0.2) is 4.79 Å². The average Bonchev–Trinajstić information content (AvgIpc) is 3.37. The van der Waals surface area contributed by atoms with Crippen molar-refractivity contribution >= 4 is 23.8 Å². The molecule has 7 heteroatoms. The van der Waals surface area contributed by atoms with E-state index >= 15 is 0 Å². The van der Waals surface area contributed by atoms with Crippen LogP contribution in [0.2, 0.25) is 0 Å². The molecule has 7 nitrogen and oxygen atoms in total. The molecule has 0 aliphatic heterocycles. The Bertz CT molecular complexity index is 1720. The Hall–Kier alpha value is -3.05. The number of carbonyl (C=O) groups is 3. The quantitative estimate of drug-likeness (QED) is 0.159. The minimum atomic E-state index is -0.700. The molecule has 2 unspecified atom stereocenters. The van der Waals surface area contributed by atoms with Gasteiger partial charge in [-0.1, -0.05) is 92.6 Å². The van der Waals surface area contributed by atoms with Crippen molar-refractivity contribution in [2.24, 2.45) is 67.6 Å². The smallest absolute Gasteiger partial charge is 0.309 e. The van der Waals surface area contributed by atoms with E-state index in [1.807, 2.05) is 50.3 Å². The fraction of sp³-hybridized carbons (Fsp3) is 0.733. The van der Waals surface area contributed by atoms with Crippen LogP contribution in [-0.2, 0) is 35.3 Å². The number of ketones is 1. The van der Waals surface area contributed by atoms with E-state index in [0.717, 1.165) is 62.5 Å². The molecule has 5 saturated carbocycles. The summed E-state index contributed by atoms with van der Waals surface area (Å²) in [6.07, 6.45) is 10.3. The molecule has 0 heterocycles. The molecule has 0 radical (unpaired) electrons. The van der Waals surface area contributed by atoms with Crippen LogP contribution in [0.3, 0.4) is 0 Å². The highest BCUT2D eigenvalue weighted by Crippen LogP contribution is 2.76. The lowest BCUT2D eigenvalue weighted by Crippen LogP contribution is -2.66. The predicted octanol–water partition coefficient (Wildman–Crippen LogP) is 9.37. The van der Waals surface area contributed by atoms with Gasteiger partial charge in [-0.05, 0) is 120 Å². The Morgan fingerprint density at radius 1 is 0.827 bits per heavy atom. The first kappa shape index (κ1) is 37.3. The van der Waals surface area contributed by atoms with E-state index in [9.17, 15) is 19.2 Å². The van der Waals surface area contributed by atoms with Gasteiger partial charge in [-0.3, -0.25) is 14.4 Å². The second-order valence-corrected chi connectivity index (χ2v) is 20.0. The molecule has 10 atom stereocenters. The maximum atomic E-state index is 13.9. The first-order valence-corrected chi connectivity index (χ1v) is 20.2. The van der Waals surface area contributed by atoms with Crippen LogP contribution in [0.5, 0.6) is 0 Å². The fourth-order valence-electron chi connectivity index (χ4n) is 13.8. The molecule has 0 spiro atoms. The van der Waals surface area contributed by atoms with Crippen LogP contribution in [0.4, 0.5) is 0 Å². The molecule has 0 bridgehead atoms. The molecule has 6 aliphatic rings. The first-order chi connectivity index (χ1) is 24.4. The summed E-state index contributed by atoms with van der Waals surface area (Å²) in [6, 6.07) is 9.69. The lowest BCUT2D eigenvalue weighted by molar-refractivity contribution is -0.235. The zero-order valence-electron chi connectivity index (χ0n) is 33.1. The second kappa shape index (κ2) is 12.5. The van der Waals surface area contributed by atoms with Crippen LogP contribution in [0, 0.1) is 62.6 Å². The third-order valence-electron chi connectivity index (χ3n) is 16.9. The molecule has 0 aromatic heterocycles. The number of ether oxygens (including phenoxy) is 2. The highest BCUT2D eigenvalue weighted by Gasteiger charge is 2.70. The molecule has 1 aromatic rings. The standard InChI is InChI=1S/C45H61NO6/c1-27(2)36-32(48)24-45(46-26-47)22-21-43(8)29(37(36)45)15-16-34-42(7)19-18-35(41(5,6)33(42)17-20-44(34,43)9)52-39(50)31-23-30(40(31,3)4)38(49)51-25-28-13-11-10-12-14-28/h10-14,27,29-31,33-35H,15-25H2,1-9H3/t29-,30+,31-,33?,34?,35+,42+,43-,44-,45-/m1/s1. The summed E-state index contributed by atoms with van der Waals surface area (Å²) in [5.74, 6) is 0.365. The van der Waals surface area contributed by atoms with Gasteiger partial charge in [0.15, 0.2) is 5.78 Å². The first-order valence-electron chi connectivity index (χ1n) is 20.2. The number of benzene rings is 1. The highest BCUT2D eigenvalue weighted by molar-refractivity contribution is 6.01. The van der Waals surface area contributed by atoms with Gasteiger partial charge in [0.05, 0.1) is 11.8 Å². The van der Waals surface area contributed by atoms with Crippen LogP contribution in [0.1, 0.15) is 132 Å². The summed E-state index contributed by atoms with van der Waals surface area (Å²) in [4.78, 5) is 56.8. The number of hydrogen-bond donors (Lipinski definition) is 0. The van der Waals surface area contributed by atoms with E-state index in [1.54, 1.807) is 0 Å². The third kappa shape index (κ3) is 5.21. The van der Waals surface area contributed by atoms with Crippen LogP contribution < -0.4 is 0 Å². The van der Waals surface area contributed by atoms with Crippen molar-refractivity contribution in [3.05, 3.63) is 47.0 Å². The maximum absolute atomic E-state index is 13.9. The van der Waals surface area contributed by atoms with Crippen LogP contribution in [0.15, 0.2) is 46.5 Å². The summed E-state index contributed by atoms with van der Waals surface area (Å²) in [7, 11) is 0. The normalized spacial score (nSPS) is 41.4. The number of nitrogens with zero attached hydrogens (tertiary/aromatic N) is 1. The zero-order chi connectivity index (χ0) is 37.6. The summed E-state index contributed by atoms with van der Waals surface area (Å²) in [5.41, 5.74) is 1.79. The van der Waals surface area contributed by atoms with Gasteiger partial charge < -0.3 is 9.47 Å². The summed E-state index contributed by atoms with van der Waals surface area (Å²) in [5, 5.41) is 0. The Morgan fingerprint density at radius 2 is 1.52 bits per heavy atom. The average molecular weight is 712 g/mol. The van der Waals surface area contributed by atoms with E-state index in [-0.39, 0.29) is 75.8 Å². The predicted molar refractivity (Wildman–Crippen MR) is 199 cm³/mol. The number of fused-ring (bicyclic) bond motifs is 7. The van der Waals surface area contributed by atoms with Crippen LogP contribution in [-0.4, -0.2) is 35.4 Å². The van der Waals surface area contributed by atoms with Crippen molar-refractivity contribution in [1.29, 1.82) is 0 Å². The minimum absolute atomic E-state index is 0.00601. The number of rotatable bonds is 7. The molecule has 0 saturated heterocycles. The Morgan fingerprint density at radius 3 is 2.17 bits per heavy atom. The third-order valence-corrected chi connectivity index (χ3v) is 16.9. The van der Waals surface area contributed by atoms with E-state index in [2.05, 4.69) is 53.5 Å². The molecule has 282 valence electrons. The van der Waals surface area contributed by atoms with Gasteiger partial charge in [0.25, 0.3) is 0 Å². The summed E-state index contributed by atoms with van der Waals surface area (Å²) >= 11 is 0. The molecule has 0 N–H and O–H groups in total. The molecular formula is C45H61NO6. The monoisotopic (exact) mass is 711 g/mol. The van der Waals surface area contributed by atoms with Gasteiger partial charge in [-0.2, -0.15) is 4.99 Å². The van der Waals surface area contributed by atoms with Gasteiger partial charge in [0.1, 0.15) is 18.2 Å². The van der Waals surface area contributed by atoms with Crippen LogP contribution in [0.25, 0.3) is 0 Å².